The van der Waals surface area contributed by atoms with Crippen LogP contribution in [0.2, 0.25) is 0 Å². The van der Waals surface area contributed by atoms with Gasteiger partial charge in [-0.05, 0) is 37.5 Å². The number of H-pyrrole nitrogens is 1. The van der Waals surface area contributed by atoms with E-state index in [4.69, 9.17) is 9.72 Å². The van der Waals surface area contributed by atoms with Gasteiger partial charge in [-0.1, -0.05) is 18.2 Å². The average molecular weight is 487 g/mol. The maximum Gasteiger partial charge on any atom is 0.328 e. The Morgan fingerprint density at radius 3 is 2.92 bits per heavy atom. The van der Waals surface area contributed by atoms with E-state index in [0.717, 1.165) is 18.4 Å². The summed E-state index contributed by atoms with van der Waals surface area (Å²) in [5.74, 6) is -0.131. The van der Waals surface area contributed by atoms with Crippen LogP contribution in [0.25, 0.3) is 28.1 Å². The number of fused-ring (bicyclic) bond motifs is 3. The number of carbonyl (C=O) groups is 1. The van der Waals surface area contributed by atoms with Crippen molar-refractivity contribution in [1.82, 2.24) is 34.4 Å². The fourth-order valence-corrected chi connectivity index (χ4v) is 4.74. The zero-order valence-corrected chi connectivity index (χ0v) is 19.4. The number of benzene rings is 2. The molecule has 1 aliphatic rings. The first-order chi connectivity index (χ1) is 17.5. The Morgan fingerprint density at radius 1 is 1.19 bits per heavy atom. The largest absolute Gasteiger partial charge is 0.493 e. The van der Waals surface area contributed by atoms with Gasteiger partial charge in [-0.2, -0.15) is 4.98 Å². The van der Waals surface area contributed by atoms with E-state index in [0.29, 0.717) is 29.8 Å². The van der Waals surface area contributed by atoms with E-state index < -0.39 is 17.4 Å². The molecule has 0 bridgehead atoms. The van der Waals surface area contributed by atoms with Gasteiger partial charge < -0.3 is 15.0 Å². The fraction of sp³-hybridized carbons (Fsp3) is 0.240. The zero-order chi connectivity index (χ0) is 24.8. The molecule has 1 amide bonds. The highest BCUT2D eigenvalue weighted by Crippen LogP contribution is 2.34. The molecule has 2 aromatic carbocycles. The number of para-hydroxylation sites is 1. The normalized spacial score (nSPS) is 15.8. The maximum atomic E-state index is 14.0. The number of nitrogens with one attached hydrogen (secondary N) is 2. The molecule has 6 rings (SSSR count). The molecular formula is C25H22FN7O3. The topological polar surface area (TPSA) is 120 Å². The van der Waals surface area contributed by atoms with Gasteiger partial charge in [-0.25, -0.2) is 19.2 Å². The average Bonchev–Trinajstić information content (AvgIpc) is 3.44. The SMILES string of the molecule is CNC(=O)c1nc(-n2cnc3ccc(F)cc32)nc2c1[nH]c(=O)n2C1CCCCOc2ccccc21. The molecule has 10 nitrogen and oxygen atoms in total. The highest BCUT2D eigenvalue weighted by atomic mass is 19.1. The third-order valence-corrected chi connectivity index (χ3v) is 6.44. The first-order valence-corrected chi connectivity index (χ1v) is 11.6. The van der Waals surface area contributed by atoms with Gasteiger partial charge in [0.15, 0.2) is 11.3 Å². The Hall–Kier alpha value is -4.54. The van der Waals surface area contributed by atoms with Crippen LogP contribution in [-0.2, 0) is 0 Å². The summed E-state index contributed by atoms with van der Waals surface area (Å²) in [4.78, 5) is 42.4. The second-order valence-corrected chi connectivity index (χ2v) is 8.60. The summed E-state index contributed by atoms with van der Waals surface area (Å²) < 4.78 is 23.1. The summed E-state index contributed by atoms with van der Waals surface area (Å²) in [6, 6.07) is 11.4. The number of amides is 1. The lowest BCUT2D eigenvalue weighted by atomic mass is 9.98. The lowest BCUT2D eigenvalue weighted by Crippen LogP contribution is -2.25. The van der Waals surface area contributed by atoms with Crippen LogP contribution in [-0.4, -0.2) is 48.6 Å². The van der Waals surface area contributed by atoms with E-state index in [9.17, 15) is 14.0 Å². The highest BCUT2D eigenvalue weighted by Gasteiger charge is 2.27. The molecule has 1 aliphatic heterocycles. The smallest absolute Gasteiger partial charge is 0.328 e. The quantitative estimate of drug-likeness (QED) is 0.404. The number of hydrogen-bond acceptors (Lipinski definition) is 6. The van der Waals surface area contributed by atoms with Crippen LogP contribution in [0.15, 0.2) is 53.6 Å². The Labute approximate surface area is 203 Å². The minimum Gasteiger partial charge on any atom is -0.493 e. The van der Waals surface area contributed by atoms with Crippen LogP contribution in [0.4, 0.5) is 4.39 Å². The predicted octanol–water partition coefficient (Wildman–Crippen LogP) is 3.11. The molecule has 2 N–H and O–H groups in total. The van der Waals surface area contributed by atoms with Gasteiger partial charge in [0.05, 0.1) is 23.7 Å². The molecule has 4 heterocycles. The van der Waals surface area contributed by atoms with Crippen molar-refractivity contribution >= 4 is 28.1 Å². The number of imidazole rings is 2. The van der Waals surface area contributed by atoms with Gasteiger partial charge in [-0.3, -0.25) is 13.9 Å². The van der Waals surface area contributed by atoms with Gasteiger partial charge >= 0.3 is 5.69 Å². The Morgan fingerprint density at radius 2 is 2.06 bits per heavy atom. The van der Waals surface area contributed by atoms with Gasteiger partial charge in [0.25, 0.3) is 5.91 Å². The molecule has 182 valence electrons. The molecule has 0 fully saturated rings. The number of ether oxygens (including phenoxy) is 1. The molecule has 0 saturated heterocycles. The van der Waals surface area contributed by atoms with E-state index in [1.54, 1.807) is 10.6 Å². The highest BCUT2D eigenvalue weighted by molar-refractivity contribution is 6.02. The number of carbonyl (C=O) groups excluding carboxylic acids is 1. The lowest BCUT2D eigenvalue weighted by molar-refractivity contribution is 0.0959. The molecule has 5 aromatic rings. The molecule has 11 heteroatoms. The summed E-state index contributed by atoms with van der Waals surface area (Å²) >= 11 is 0. The van der Waals surface area contributed by atoms with Crippen LogP contribution >= 0.6 is 0 Å². The summed E-state index contributed by atoms with van der Waals surface area (Å²) in [5.41, 5.74) is 1.91. The third kappa shape index (κ3) is 3.51. The van der Waals surface area contributed by atoms with E-state index >= 15 is 0 Å². The molecular weight excluding hydrogens is 465 g/mol. The number of rotatable bonds is 3. The molecule has 0 saturated carbocycles. The van der Waals surface area contributed by atoms with E-state index in [1.165, 1.54) is 30.1 Å². The maximum absolute atomic E-state index is 14.0. The summed E-state index contributed by atoms with van der Waals surface area (Å²) in [6.45, 7) is 0.601. The Bertz CT molecular complexity index is 1690. The van der Waals surface area contributed by atoms with Gasteiger partial charge in [0, 0.05) is 18.7 Å². The predicted molar refractivity (Wildman–Crippen MR) is 130 cm³/mol. The van der Waals surface area contributed by atoms with Crippen molar-refractivity contribution in [2.45, 2.75) is 25.3 Å². The van der Waals surface area contributed by atoms with Crippen molar-refractivity contribution in [1.29, 1.82) is 0 Å². The van der Waals surface area contributed by atoms with Crippen molar-refractivity contribution in [2.24, 2.45) is 0 Å². The fourth-order valence-electron chi connectivity index (χ4n) is 4.74. The van der Waals surface area contributed by atoms with Crippen LogP contribution in [0.5, 0.6) is 5.75 Å². The van der Waals surface area contributed by atoms with Crippen molar-refractivity contribution in [3.63, 3.8) is 0 Å². The number of halogens is 1. The van der Waals surface area contributed by atoms with Gasteiger partial charge in [0.2, 0.25) is 5.95 Å². The standard InChI is InChI=1S/C25H22FN7O3/c1-27-23(34)21-20-22(31-24(29-21)32-13-28-16-10-9-14(26)12-18(16)32)33(25(35)30-20)17-7-4-5-11-36-19-8-3-2-6-15(17)19/h2-3,6,8-10,12-13,17H,4-5,7,11H2,1H3,(H,27,34)(H,30,35). The lowest BCUT2D eigenvalue weighted by Gasteiger charge is -2.24. The van der Waals surface area contributed by atoms with Crippen LogP contribution in [0.1, 0.15) is 41.4 Å². The van der Waals surface area contributed by atoms with Crippen LogP contribution in [0, 0.1) is 5.82 Å². The molecule has 1 atom stereocenters. The second kappa shape index (κ2) is 8.59. The first kappa shape index (κ1) is 22.0. The third-order valence-electron chi connectivity index (χ3n) is 6.44. The van der Waals surface area contributed by atoms with E-state index in [1.807, 2.05) is 24.3 Å². The van der Waals surface area contributed by atoms with E-state index in [2.05, 4.69) is 20.3 Å². The molecule has 0 spiro atoms. The van der Waals surface area contributed by atoms with Crippen molar-refractivity contribution in [3.8, 4) is 11.7 Å². The summed E-state index contributed by atoms with van der Waals surface area (Å²) in [6.07, 6.45) is 3.83. The Kier molecular flexibility index (Phi) is 5.24. The second-order valence-electron chi connectivity index (χ2n) is 8.60. The van der Waals surface area contributed by atoms with Gasteiger partial charge in [0.1, 0.15) is 23.4 Å². The molecule has 0 aliphatic carbocycles. The summed E-state index contributed by atoms with van der Waals surface area (Å²) in [5, 5.41) is 2.57. The number of nitrogens with zero attached hydrogens (tertiary/aromatic N) is 5. The zero-order valence-electron chi connectivity index (χ0n) is 19.4. The van der Waals surface area contributed by atoms with Crippen LogP contribution < -0.4 is 15.7 Å². The molecule has 0 radical (unpaired) electrons. The van der Waals surface area contributed by atoms with Gasteiger partial charge in [-0.15, -0.1) is 0 Å². The van der Waals surface area contributed by atoms with Crippen LogP contribution in [0.3, 0.4) is 0 Å². The monoisotopic (exact) mass is 487 g/mol. The number of aromatic nitrogens is 6. The van der Waals surface area contributed by atoms with Crippen molar-refractivity contribution in [3.05, 3.63) is 76.4 Å². The minimum absolute atomic E-state index is 0.00184. The molecule has 3 aromatic heterocycles. The number of aromatic amines is 1. The van der Waals surface area contributed by atoms with Crippen molar-refractivity contribution in [2.75, 3.05) is 13.7 Å². The van der Waals surface area contributed by atoms with E-state index in [-0.39, 0.29) is 28.8 Å². The minimum atomic E-state index is -0.492. The first-order valence-electron chi connectivity index (χ1n) is 11.6. The van der Waals surface area contributed by atoms with Crippen molar-refractivity contribution < 1.29 is 13.9 Å². The number of hydrogen-bond donors (Lipinski definition) is 2. The summed E-state index contributed by atoms with van der Waals surface area (Å²) in [7, 11) is 1.48. The Balaban J connectivity index is 1.64. The molecule has 1 unspecified atom stereocenters. The molecule has 36 heavy (non-hydrogen) atoms.